The third-order valence-corrected chi connectivity index (χ3v) is 5.70. The molecule has 0 amide bonds. The maximum absolute atomic E-state index is 12.6. The smallest absolute Gasteiger partial charge is 0.329 e. The van der Waals surface area contributed by atoms with Crippen LogP contribution in [0.4, 0.5) is 5.95 Å². The number of hydrogen-bond donors (Lipinski definition) is 3. The van der Waals surface area contributed by atoms with Gasteiger partial charge in [-0.2, -0.15) is 10.1 Å². The van der Waals surface area contributed by atoms with Crippen LogP contribution in [0.25, 0.3) is 11.2 Å². The fraction of sp³-hybridized carbons (Fsp3) is 0.217. The SMILES string of the molecule is C/C(=N\Nc1nc2c(c(=O)[nH]c(=O)n2C)n1C[C@@H](O)COc1ccccc1)c1ccc(Br)cc1. The lowest BCUT2D eigenvalue weighted by atomic mass is 10.1. The summed E-state index contributed by atoms with van der Waals surface area (Å²) < 4.78 is 9.30. The number of para-hydroxylation sites is 1. The van der Waals surface area contributed by atoms with Crippen LogP contribution < -0.4 is 21.4 Å². The summed E-state index contributed by atoms with van der Waals surface area (Å²) in [5, 5.41) is 15.0. The average molecular weight is 527 g/mol. The van der Waals surface area contributed by atoms with Gasteiger partial charge in [-0.1, -0.05) is 46.3 Å². The molecule has 2 aromatic heterocycles. The summed E-state index contributed by atoms with van der Waals surface area (Å²) in [7, 11) is 1.51. The van der Waals surface area contributed by atoms with Crippen LogP contribution in [0.3, 0.4) is 0 Å². The van der Waals surface area contributed by atoms with Gasteiger partial charge in [0, 0.05) is 11.5 Å². The quantitative estimate of drug-likeness (QED) is 0.239. The number of imidazole rings is 1. The summed E-state index contributed by atoms with van der Waals surface area (Å²) in [5.41, 5.74) is 3.56. The van der Waals surface area contributed by atoms with Crippen molar-refractivity contribution in [2.24, 2.45) is 12.1 Å². The van der Waals surface area contributed by atoms with Crippen molar-refractivity contribution in [2.75, 3.05) is 12.0 Å². The summed E-state index contributed by atoms with van der Waals surface area (Å²) in [6, 6.07) is 16.7. The number of hydrogen-bond acceptors (Lipinski definition) is 7. The highest BCUT2D eigenvalue weighted by Crippen LogP contribution is 2.18. The van der Waals surface area contributed by atoms with E-state index in [2.05, 4.69) is 36.4 Å². The molecule has 0 aliphatic rings. The molecule has 0 saturated carbocycles. The second-order valence-electron chi connectivity index (χ2n) is 7.63. The van der Waals surface area contributed by atoms with Gasteiger partial charge < -0.3 is 14.4 Å². The molecule has 1 atom stereocenters. The number of hydrazone groups is 1. The summed E-state index contributed by atoms with van der Waals surface area (Å²) in [4.78, 5) is 31.4. The molecule has 4 aromatic rings. The molecular weight excluding hydrogens is 504 g/mol. The molecule has 0 bridgehead atoms. The number of ether oxygens (including phenoxy) is 1. The van der Waals surface area contributed by atoms with Crippen LogP contribution >= 0.6 is 15.9 Å². The molecule has 3 N–H and O–H groups in total. The summed E-state index contributed by atoms with van der Waals surface area (Å²) in [5.74, 6) is 0.822. The Morgan fingerprint density at radius 1 is 1.21 bits per heavy atom. The molecule has 4 rings (SSSR count). The normalized spacial score (nSPS) is 12.6. The molecule has 34 heavy (non-hydrogen) atoms. The Bertz CT molecular complexity index is 1440. The molecule has 0 unspecified atom stereocenters. The lowest BCUT2D eigenvalue weighted by molar-refractivity contribution is 0.0938. The first-order chi connectivity index (χ1) is 16.3. The molecule has 0 aliphatic carbocycles. The van der Waals surface area contributed by atoms with E-state index in [1.54, 1.807) is 12.1 Å². The fourth-order valence-corrected chi connectivity index (χ4v) is 3.62. The Morgan fingerprint density at radius 2 is 1.91 bits per heavy atom. The highest BCUT2D eigenvalue weighted by Gasteiger charge is 2.20. The van der Waals surface area contributed by atoms with Gasteiger partial charge in [-0.15, -0.1) is 0 Å². The lowest BCUT2D eigenvalue weighted by Crippen LogP contribution is -2.30. The molecule has 176 valence electrons. The number of aromatic amines is 1. The molecule has 0 aliphatic heterocycles. The third-order valence-electron chi connectivity index (χ3n) is 5.17. The number of H-pyrrole nitrogens is 1. The van der Waals surface area contributed by atoms with Crippen LogP contribution in [0.15, 0.2) is 73.8 Å². The van der Waals surface area contributed by atoms with Gasteiger partial charge in [0.1, 0.15) is 18.5 Å². The van der Waals surface area contributed by atoms with Crippen molar-refractivity contribution in [3.63, 3.8) is 0 Å². The minimum Gasteiger partial charge on any atom is -0.491 e. The number of nitrogens with one attached hydrogen (secondary N) is 2. The van der Waals surface area contributed by atoms with E-state index in [9.17, 15) is 14.7 Å². The van der Waals surface area contributed by atoms with Crippen LogP contribution in [-0.4, -0.2) is 42.6 Å². The van der Waals surface area contributed by atoms with Gasteiger partial charge in [-0.25, -0.2) is 10.2 Å². The zero-order valence-electron chi connectivity index (χ0n) is 18.5. The van der Waals surface area contributed by atoms with E-state index >= 15 is 0 Å². The Hall–Kier alpha value is -3.70. The van der Waals surface area contributed by atoms with Crippen LogP contribution in [0, 0.1) is 0 Å². The van der Waals surface area contributed by atoms with Crippen molar-refractivity contribution in [3.8, 4) is 5.75 Å². The van der Waals surface area contributed by atoms with Crippen LogP contribution in [-0.2, 0) is 13.6 Å². The van der Waals surface area contributed by atoms with Crippen molar-refractivity contribution >= 4 is 38.8 Å². The Morgan fingerprint density at radius 3 is 2.62 bits per heavy atom. The molecule has 0 radical (unpaired) electrons. The number of fused-ring (bicyclic) bond motifs is 1. The molecular formula is C23H23BrN6O4. The number of nitrogens with zero attached hydrogens (tertiary/aromatic N) is 4. The van der Waals surface area contributed by atoms with E-state index in [0.29, 0.717) is 11.5 Å². The zero-order valence-corrected chi connectivity index (χ0v) is 20.1. The van der Waals surface area contributed by atoms with E-state index in [4.69, 9.17) is 4.74 Å². The number of aryl methyl sites for hydroxylation is 1. The van der Waals surface area contributed by atoms with Crippen LogP contribution in [0.5, 0.6) is 5.75 Å². The highest BCUT2D eigenvalue weighted by molar-refractivity contribution is 9.10. The Labute approximate surface area is 202 Å². The number of benzene rings is 2. The maximum Gasteiger partial charge on any atom is 0.329 e. The first-order valence-corrected chi connectivity index (χ1v) is 11.2. The first-order valence-electron chi connectivity index (χ1n) is 10.4. The van der Waals surface area contributed by atoms with Gasteiger partial charge in [-0.3, -0.25) is 14.3 Å². The number of aromatic nitrogens is 4. The van der Waals surface area contributed by atoms with Gasteiger partial charge in [0.25, 0.3) is 5.56 Å². The first kappa shape index (κ1) is 23.5. The average Bonchev–Trinajstić information content (AvgIpc) is 3.19. The van der Waals surface area contributed by atoms with Gasteiger partial charge in [-0.05, 0) is 36.8 Å². The minimum atomic E-state index is -0.966. The van der Waals surface area contributed by atoms with E-state index in [0.717, 1.165) is 10.0 Å². The van der Waals surface area contributed by atoms with Crippen molar-refractivity contribution in [1.29, 1.82) is 0 Å². The lowest BCUT2D eigenvalue weighted by Gasteiger charge is -2.15. The van der Waals surface area contributed by atoms with Crippen molar-refractivity contribution in [1.82, 2.24) is 19.1 Å². The second-order valence-corrected chi connectivity index (χ2v) is 8.55. The minimum absolute atomic E-state index is 0.00597. The largest absolute Gasteiger partial charge is 0.491 e. The molecule has 2 aromatic carbocycles. The molecule has 0 saturated heterocycles. The monoisotopic (exact) mass is 526 g/mol. The number of aliphatic hydroxyl groups is 1. The highest BCUT2D eigenvalue weighted by atomic mass is 79.9. The molecule has 0 fully saturated rings. The van der Waals surface area contributed by atoms with Crippen LogP contribution in [0.2, 0.25) is 0 Å². The summed E-state index contributed by atoms with van der Waals surface area (Å²) >= 11 is 3.41. The predicted molar refractivity (Wildman–Crippen MR) is 134 cm³/mol. The second kappa shape index (κ2) is 10.1. The fourth-order valence-electron chi connectivity index (χ4n) is 3.36. The molecule has 0 spiro atoms. The molecule has 11 heteroatoms. The van der Waals surface area contributed by atoms with Crippen molar-refractivity contribution < 1.29 is 9.84 Å². The van der Waals surface area contributed by atoms with Crippen molar-refractivity contribution in [2.45, 2.75) is 19.6 Å². The molecule has 2 heterocycles. The number of anilines is 1. The maximum atomic E-state index is 12.6. The summed E-state index contributed by atoms with van der Waals surface area (Å²) in [6.07, 6.45) is -0.966. The van der Waals surface area contributed by atoms with Gasteiger partial charge in [0.15, 0.2) is 11.2 Å². The molecule has 10 nitrogen and oxygen atoms in total. The van der Waals surface area contributed by atoms with E-state index < -0.39 is 17.4 Å². The predicted octanol–water partition coefficient (Wildman–Crippen LogP) is 2.46. The Kier molecular flexibility index (Phi) is 6.94. The van der Waals surface area contributed by atoms with Crippen LogP contribution in [0.1, 0.15) is 12.5 Å². The van der Waals surface area contributed by atoms with Gasteiger partial charge in [0.05, 0.1) is 12.3 Å². The Balaban J connectivity index is 1.65. The van der Waals surface area contributed by atoms with E-state index in [1.807, 2.05) is 49.4 Å². The third kappa shape index (κ3) is 5.10. The standard InChI is InChI=1S/C23H23BrN6O4/c1-14(15-8-10-16(24)11-9-15)27-28-22-25-20-19(21(32)26-23(33)29(20)2)30(22)12-17(31)13-34-18-6-4-3-5-7-18/h3-11,17,31H,12-13H2,1-2H3,(H,25,28)(H,26,32,33)/b27-14+/t17-/m1/s1. The summed E-state index contributed by atoms with van der Waals surface area (Å²) in [6.45, 7) is 1.81. The van der Waals surface area contributed by atoms with Crippen molar-refractivity contribution in [3.05, 3.63) is 85.5 Å². The van der Waals surface area contributed by atoms with Gasteiger partial charge in [0.2, 0.25) is 5.95 Å². The van der Waals surface area contributed by atoms with E-state index in [-0.39, 0.29) is 30.3 Å². The number of halogens is 1. The van der Waals surface area contributed by atoms with Gasteiger partial charge >= 0.3 is 5.69 Å². The number of rotatable bonds is 8. The number of aliphatic hydroxyl groups excluding tert-OH is 1. The zero-order chi connectivity index (χ0) is 24.2. The topological polar surface area (TPSA) is 127 Å². The van der Waals surface area contributed by atoms with E-state index in [1.165, 1.54) is 16.2 Å².